The van der Waals surface area contributed by atoms with Crippen LogP contribution >= 0.6 is 15.9 Å². The fourth-order valence-electron chi connectivity index (χ4n) is 0.798. The Hall–Kier alpha value is -1.30. The molecule has 2 N–H and O–H groups in total. The van der Waals surface area contributed by atoms with Crippen molar-refractivity contribution in [2.24, 2.45) is 0 Å². The van der Waals surface area contributed by atoms with Crippen molar-refractivity contribution < 1.29 is 14.6 Å². The smallest absolute Gasteiger partial charge is 0.404 e. The quantitative estimate of drug-likeness (QED) is 0.805. The molecule has 0 spiro atoms. The third-order valence-corrected chi connectivity index (χ3v) is 1.76. The number of rotatable bonds is 4. The number of carbonyl (C=O) groups is 1. The fourth-order valence-corrected chi connectivity index (χ4v) is 1.14. The van der Waals surface area contributed by atoms with Crippen LogP contribution in [0.5, 0.6) is 5.75 Å². The van der Waals surface area contributed by atoms with Gasteiger partial charge in [-0.15, -0.1) is 0 Å². The average molecular weight is 261 g/mol. The van der Waals surface area contributed by atoms with E-state index in [0.29, 0.717) is 5.75 Å². The first-order valence-corrected chi connectivity index (χ1v) is 4.68. The van der Waals surface area contributed by atoms with Gasteiger partial charge in [0.15, 0.2) is 0 Å². The zero-order valence-electron chi connectivity index (χ0n) is 7.24. The van der Waals surface area contributed by atoms with Crippen molar-refractivity contribution in [3.63, 3.8) is 0 Å². The van der Waals surface area contributed by atoms with Crippen molar-refractivity contribution in [3.05, 3.63) is 22.9 Å². The monoisotopic (exact) mass is 260 g/mol. The van der Waals surface area contributed by atoms with Crippen LogP contribution in [0, 0.1) is 0 Å². The molecule has 0 saturated heterocycles. The molecule has 0 saturated carbocycles. The van der Waals surface area contributed by atoms with Crippen molar-refractivity contribution >= 4 is 22.0 Å². The third kappa shape index (κ3) is 4.08. The first-order valence-electron chi connectivity index (χ1n) is 3.88. The van der Waals surface area contributed by atoms with Crippen molar-refractivity contribution in [2.75, 3.05) is 13.2 Å². The summed E-state index contributed by atoms with van der Waals surface area (Å²) in [6, 6.07) is 1.76. The maximum atomic E-state index is 10.1. The summed E-state index contributed by atoms with van der Waals surface area (Å²) in [6.45, 7) is 0.534. The molecule has 14 heavy (non-hydrogen) atoms. The maximum absolute atomic E-state index is 10.1. The second-order valence-electron chi connectivity index (χ2n) is 2.42. The van der Waals surface area contributed by atoms with E-state index in [1.807, 2.05) is 0 Å². The molecule has 0 aliphatic rings. The minimum absolute atomic E-state index is 0.252. The van der Waals surface area contributed by atoms with E-state index in [0.717, 1.165) is 4.47 Å². The first-order chi connectivity index (χ1) is 6.68. The van der Waals surface area contributed by atoms with Crippen molar-refractivity contribution in [1.29, 1.82) is 0 Å². The number of nitrogens with zero attached hydrogens (tertiary/aromatic N) is 1. The Balaban J connectivity index is 2.28. The molecule has 1 heterocycles. The Bertz CT molecular complexity index is 319. The lowest BCUT2D eigenvalue weighted by molar-refractivity contribution is 0.191. The molecule has 0 aromatic carbocycles. The minimum atomic E-state index is -1.05. The lowest BCUT2D eigenvalue weighted by Crippen LogP contribution is -2.26. The number of nitrogens with one attached hydrogen (secondary N) is 1. The van der Waals surface area contributed by atoms with E-state index in [-0.39, 0.29) is 13.2 Å². The van der Waals surface area contributed by atoms with E-state index in [2.05, 4.69) is 26.2 Å². The van der Waals surface area contributed by atoms with Gasteiger partial charge < -0.3 is 15.2 Å². The van der Waals surface area contributed by atoms with E-state index < -0.39 is 6.09 Å². The summed E-state index contributed by atoms with van der Waals surface area (Å²) >= 11 is 3.24. The molecule has 1 rings (SSSR count). The summed E-state index contributed by atoms with van der Waals surface area (Å²) < 4.78 is 6.04. The van der Waals surface area contributed by atoms with Gasteiger partial charge in [-0.2, -0.15) is 0 Å². The number of ether oxygens (including phenoxy) is 1. The summed E-state index contributed by atoms with van der Waals surface area (Å²) in [5.74, 6) is 0.603. The van der Waals surface area contributed by atoms with Gasteiger partial charge in [0, 0.05) is 10.7 Å². The van der Waals surface area contributed by atoms with E-state index in [1.165, 1.54) is 0 Å². The van der Waals surface area contributed by atoms with E-state index in [9.17, 15) is 4.79 Å². The summed E-state index contributed by atoms with van der Waals surface area (Å²) in [5, 5.41) is 10.5. The standard InChI is InChI=1S/C8H9BrN2O3/c9-6-3-7(5-10-4-6)14-2-1-11-8(12)13/h3-5,11H,1-2H2,(H,12,13). The maximum Gasteiger partial charge on any atom is 0.404 e. The number of aromatic nitrogens is 1. The van der Waals surface area contributed by atoms with Gasteiger partial charge in [-0.05, 0) is 22.0 Å². The predicted molar refractivity (Wildman–Crippen MR) is 53.5 cm³/mol. The SMILES string of the molecule is O=C(O)NCCOc1cncc(Br)c1. The molecule has 1 aromatic rings. The number of hydrogen-bond acceptors (Lipinski definition) is 3. The number of amides is 1. The zero-order valence-corrected chi connectivity index (χ0v) is 8.82. The topological polar surface area (TPSA) is 71.5 Å². The molecular formula is C8H9BrN2O3. The van der Waals surface area contributed by atoms with Gasteiger partial charge in [-0.1, -0.05) is 0 Å². The molecule has 0 unspecified atom stereocenters. The second-order valence-corrected chi connectivity index (χ2v) is 3.33. The van der Waals surface area contributed by atoms with Crippen LogP contribution in [0.1, 0.15) is 0 Å². The van der Waals surface area contributed by atoms with Gasteiger partial charge in [-0.3, -0.25) is 4.98 Å². The Morgan fingerprint density at radius 2 is 2.43 bits per heavy atom. The summed E-state index contributed by atoms with van der Waals surface area (Å²) in [6.07, 6.45) is 2.15. The van der Waals surface area contributed by atoms with Crippen LogP contribution in [-0.2, 0) is 0 Å². The molecule has 0 fully saturated rings. The second kappa shape index (κ2) is 5.43. The molecular weight excluding hydrogens is 252 g/mol. The molecule has 1 aromatic heterocycles. The molecule has 0 aliphatic carbocycles. The van der Waals surface area contributed by atoms with Gasteiger partial charge in [0.25, 0.3) is 0 Å². The molecule has 6 heteroatoms. The van der Waals surface area contributed by atoms with Crippen molar-refractivity contribution in [3.8, 4) is 5.75 Å². The predicted octanol–water partition coefficient (Wildman–Crippen LogP) is 1.49. The lowest BCUT2D eigenvalue weighted by Gasteiger charge is -2.05. The van der Waals surface area contributed by atoms with E-state index >= 15 is 0 Å². The van der Waals surface area contributed by atoms with Crippen LogP contribution in [0.4, 0.5) is 4.79 Å². The Morgan fingerprint density at radius 1 is 1.64 bits per heavy atom. The molecule has 76 valence electrons. The molecule has 0 radical (unpaired) electrons. The van der Waals surface area contributed by atoms with E-state index in [1.54, 1.807) is 18.5 Å². The summed E-state index contributed by atoms with van der Waals surface area (Å²) in [5.41, 5.74) is 0. The average Bonchev–Trinajstić information content (AvgIpc) is 2.12. The number of carboxylic acid groups (broad SMARTS) is 1. The fraction of sp³-hybridized carbons (Fsp3) is 0.250. The number of pyridine rings is 1. The molecule has 0 atom stereocenters. The van der Waals surface area contributed by atoms with Crippen LogP contribution < -0.4 is 10.1 Å². The molecule has 5 nitrogen and oxygen atoms in total. The molecule has 1 amide bonds. The van der Waals surface area contributed by atoms with Crippen LogP contribution in [-0.4, -0.2) is 29.3 Å². The minimum Gasteiger partial charge on any atom is -0.490 e. The summed E-state index contributed by atoms with van der Waals surface area (Å²) in [7, 11) is 0. The third-order valence-electron chi connectivity index (χ3n) is 1.33. The van der Waals surface area contributed by atoms with E-state index in [4.69, 9.17) is 9.84 Å². The number of hydrogen-bond donors (Lipinski definition) is 2. The van der Waals surface area contributed by atoms with Gasteiger partial charge in [-0.25, -0.2) is 4.79 Å². The van der Waals surface area contributed by atoms with Gasteiger partial charge in [0.2, 0.25) is 0 Å². The highest BCUT2D eigenvalue weighted by atomic mass is 79.9. The lowest BCUT2D eigenvalue weighted by atomic mass is 10.5. The highest BCUT2D eigenvalue weighted by Gasteiger charge is 1.96. The van der Waals surface area contributed by atoms with Crippen LogP contribution in [0.3, 0.4) is 0 Å². The van der Waals surface area contributed by atoms with Crippen LogP contribution in [0.2, 0.25) is 0 Å². The van der Waals surface area contributed by atoms with Gasteiger partial charge in [0.1, 0.15) is 12.4 Å². The number of halogens is 1. The largest absolute Gasteiger partial charge is 0.490 e. The van der Waals surface area contributed by atoms with Crippen LogP contribution in [0.15, 0.2) is 22.9 Å². The van der Waals surface area contributed by atoms with Gasteiger partial charge >= 0.3 is 6.09 Å². The van der Waals surface area contributed by atoms with Gasteiger partial charge in [0.05, 0.1) is 12.7 Å². The Morgan fingerprint density at radius 3 is 3.07 bits per heavy atom. The Labute approximate surface area is 89.2 Å². The highest BCUT2D eigenvalue weighted by molar-refractivity contribution is 9.10. The zero-order chi connectivity index (χ0) is 10.4. The first kappa shape index (κ1) is 10.8. The molecule has 0 bridgehead atoms. The van der Waals surface area contributed by atoms with Crippen LogP contribution in [0.25, 0.3) is 0 Å². The summed E-state index contributed by atoms with van der Waals surface area (Å²) in [4.78, 5) is 14.0. The Kier molecular flexibility index (Phi) is 4.18. The van der Waals surface area contributed by atoms with Crippen molar-refractivity contribution in [1.82, 2.24) is 10.3 Å². The van der Waals surface area contributed by atoms with Crippen molar-refractivity contribution in [2.45, 2.75) is 0 Å². The highest BCUT2D eigenvalue weighted by Crippen LogP contribution is 2.15. The molecule has 0 aliphatic heterocycles. The normalized spacial score (nSPS) is 9.50.